The molecule has 0 unspecified atom stereocenters. The molecule has 0 bridgehead atoms. The van der Waals surface area contributed by atoms with Gasteiger partial charge in [0, 0.05) is 17.0 Å². The monoisotopic (exact) mass is 954 g/mol. The van der Waals surface area contributed by atoms with Gasteiger partial charge in [-0.15, -0.1) is 21.9 Å². The summed E-state index contributed by atoms with van der Waals surface area (Å²) in [5.41, 5.74) is -12.0. The number of ether oxygens (including phenoxy) is 1. The van der Waals surface area contributed by atoms with E-state index in [4.69, 9.17) is 10.00 Å². The van der Waals surface area contributed by atoms with Crippen molar-refractivity contribution in [2.75, 3.05) is 6.61 Å². The number of fused-ring (bicyclic) bond motifs is 1. The van der Waals surface area contributed by atoms with E-state index in [1.165, 1.54) is 5.56 Å². The molecule has 24 heteroatoms. The molecular weight excluding hydrogens is 939 g/mol. The number of rotatable bonds is 8. The van der Waals surface area contributed by atoms with Gasteiger partial charge in [0.05, 0.1) is 6.07 Å². The Morgan fingerprint density at radius 3 is 1.02 bits per heavy atom. The lowest BCUT2D eigenvalue weighted by atomic mass is 9.12. The van der Waals surface area contributed by atoms with Crippen LogP contribution < -0.4 is 31.2 Å². The number of hydrogen-bond donors (Lipinski definition) is 0. The minimum absolute atomic E-state index is 0.0487. The van der Waals surface area contributed by atoms with Crippen molar-refractivity contribution in [2.45, 2.75) is 6.54 Å². The summed E-state index contributed by atoms with van der Waals surface area (Å²) in [6.07, 6.45) is -7.22. The summed E-state index contributed by atoms with van der Waals surface area (Å²) in [7, 11) is 0. The SMILES string of the molecule is Fc1c(F)c(F)c([B-](c2c(F)c(F)c(F)c(F)c2F)(c2c(F)c(F)c(F)c(F)c2F)c2c(F)c(F)c(F)c(F)c2F)c(F)c1F.N#CCOc1ccc2ccccc2[n+]1Cc1ccccc1. The summed E-state index contributed by atoms with van der Waals surface area (Å²) in [4.78, 5) is 0. The van der Waals surface area contributed by atoms with Crippen LogP contribution in [0.5, 0.6) is 5.88 Å². The smallest absolute Gasteiger partial charge is 0.369 e. The predicted octanol–water partition coefficient (Wildman–Crippen LogP) is 8.92. The zero-order valence-electron chi connectivity index (χ0n) is 31.7. The second-order valence-electron chi connectivity index (χ2n) is 13.5. The first kappa shape index (κ1) is 48.1. The van der Waals surface area contributed by atoms with E-state index in [1.54, 1.807) is 0 Å². The topological polar surface area (TPSA) is 36.9 Å². The number of para-hydroxylation sites is 1. The third-order valence-electron chi connectivity index (χ3n) is 10.1. The number of aromatic nitrogens is 1. The van der Waals surface area contributed by atoms with Gasteiger partial charge in [-0.05, 0) is 12.1 Å². The van der Waals surface area contributed by atoms with Crippen LogP contribution in [0.3, 0.4) is 0 Å². The number of nitriles is 1. The molecule has 0 radical (unpaired) electrons. The quantitative estimate of drug-likeness (QED) is 0.0502. The van der Waals surface area contributed by atoms with Gasteiger partial charge in [0.1, 0.15) is 58.8 Å². The number of benzene rings is 6. The lowest BCUT2D eigenvalue weighted by Gasteiger charge is -2.44. The molecule has 1 heterocycles. The van der Waals surface area contributed by atoms with Gasteiger partial charge in [0.2, 0.25) is 5.52 Å². The molecular formula is C42H15BF20N2O. The highest BCUT2D eigenvalue weighted by molar-refractivity contribution is 7.20. The maximum absolute atomic E-state index is 15.4. The first-order chi connectivity index (χ1) is 31.1. The number of nitrogens with zero attached hydrogens (tertiary/aromatic N) is 2. The third kappa shape index (κ3) is 7.54. The maximum atomic E-state index is 15.4. The van der Waals surface area contributed by atoms with Crippen molar-refractivity contribution < 1.29 is 97.1 Å². The molecule has 7 rings (SSSR count). The fourth-order valence-electron chi connectivity index (χ4n) is 7.28. The zero-order chi connectivity index (χ0) is 48.8. The zero-order valence-corrected chi connectivity index (χ0v) is 31.7. The fourth-order valence-corrected chi connectivity index (χ4v) is 7.28. The highest BCUT2D eigenvalue weighted by Gasteiger charge is 2.52. The van der Waals surface area contributed by atoms with Gasteiger partial charge in [0.25, 0.3) is 0 Å². The van der Waals surface area contributed by atoms with Gasteiger partial charge in [-0.2, -0.15) is 9.83 Å². The molecule has 0 N–H and O–H groups in total. The lowest BCUT2D eigenvalue weighted by molar-refractivity contribution is -0.668. The van der Waals surface area contributed by atoms with Crippen LogP contribution >= 0.6 is 0 Å². The molecule has 0 saturated heterocycles. The molecule has 0 spiro atoms. The molecule has 0 atom stereocenters. The van der Waals surface area contributed by atoms with Crippen molar-refractivity contribution >= 4 is 38.9 Å². The van der Waals surface area contributed by atoms with Crippen molar-refractivity contribution in [3.05, 3.63) is 189 Å². The summed E-state index contributed by atoms with van der Waals surface area (Å²) in [6.45, 7) is 0.760. The molecule has 342 valence electrons. The predicted molar refractivity (Wildman–Crippen MR) is 190 cm³/mol. The molecule has 0 amide bonds. The first-order valence-electron chi connectivity index (χ1n) is 17.8. The van der Waals surface area contributed by atoms with Crippen LogP contribution in [0.2, 0.25) is 0 Å². The van der Waals surface area contributed by atoms with E-state index in [0.29, 0.717) is 12.4 Å². The van der Waals surface area contributed by atoms with Gasteiger partial charge in [-0.1, -0.05) is 42.5 Å². The van der Waals surface area contributed by atoms with Crippen LogP contribution in [-0.4, -0.2) is 12.8 Å². The summed E-state index contributed by atoms with van der Waals surface area (Å²) in [5.74, 6) is -70.7. The average molecular weight is 954 g/mol. The molecule has 0 aliphatic rings. The molecule has 66 heavy (non-hydrogen) atoms. The second kappa shape index (κ2) is 18.3. The summed E-state index contributed by atoms with van der Waals surface area (Å²) in [6, 6.07) is 24.4. The Morgan fingerprint density at radius 1 is 0.379 bits per heavy atom. The van der Waals surface area contributed by atoms with Gasteiger partial charge in [0.15, 0.2) is 83.0 Å². The number of hydrogen-bond acceptors (Lipinski definition) is 2. The van der Waals surface area contributed by atoms with Crippen LogP contribution in [0.4, 0.5) is 87.8 Å². The van der Waals surface area contributed by atoms with Gasteiger partial charge in [-0.25, -0.2) is 87.8 Å². The minimum Gasteiger partial charge on any atom is -0.429 e. The van der Waals surface area contributed by atoms with Crippen LogP contribution in [0.1, 0.15) is 5.56 Å². The minimum atomic E-state index is -7.22. The van der Waals surface area contributed by atoms with Crippen LogP contribution in [0, 0.1) is 128 Å². The number of halogens is 20. The van der Waals surface area contributed by atoms with Crippen LogP contribution in [0.25, 0.3) is 10.9 Å². The summed E-state index contributed by atoms with van der Waals surface area (Å²) >= 11 is 0. The fraction of sp³-hybridized carbons (Fsp3) is 0.0476. The third-order valence-corrected chi connectivity index (χ3v) is 10.1. The molecule has 7 aromatic rings. The van der Waals surface area contributed by atoms with E-state index in [2.05, 4.69) is 28.8 Å². The summed E-state index contributed by atoms with van der Waals surface area (Å²) < 4.78 is 302. The second-order valence-corrected chi connectivity index (χ2v) is 13.5. The summed E-state index contributed by atoms with van der Waals surface area (Å²) in [5, 5.41) is 9.89. The van der Waals surface area contributed by atoms with Crippen molar-refractivity contribution in [3.63, 3.8) is 0 Å². The van der Waals surface area contributed by atoms with Crippen molar-refractivity contribution in [2.24, 2.45) is 0 Å². The van der Waals surface area contributed by atoms with Crippen molar-refractivity contribution in [3.8, 4) is 11.9 Å². The standard InChI is InChI=1S/C24BF20.C18H15N2O/c26-5-1(6(27)14(35)21(42)13(5)34)25(2-7(28)15(36)22(43)16(37)8(2)29,3-9(30)17(38)23(44)18(39)10(3)31)4-11(32)19(40)24(45)20(41)12(4)33;19-12-13-21-18-11-10-16-8-4-5-9-17(16)20(18)14-15-6-2-1-3-7-15/h;1-11H,13-14H2/q-1;+1. The normalized spacial score (nSPS) is 11.4. The van der Waals surface area contributed by atoms with Gasteiger partial charge in [-0.3, -0.25) is 0 Å². The van der Waals surface area contributed by atoms with Crippen LogP contribution in [0.15, 0.2) is 66.7 Å². The van der Waals surface area contributed by atoms with E-state index in [-0.39, 0.29) is 6.61 Å². The Balaban J connectivity index is 0.000000284. The molecule has 0 aliphatic carbocycles. The Kier molecular flexibility index (Phi) is 13.3. The number of pyridine rings is 1. The Hall–Kier alpha value is -7.32. The largest absolute Gasteiger partial charge is 0.429 e. The Morgan fingerprint density at radius 2 is 0.682 bits per heavy atom. The molecule has 0 aliphatic heterocycles. The molecule has 3 nitrogen and oxygen atoms in total. The Bertz CT molecular complexity index is 2760. The van der Waals surface area contributed by atoms with E-state index in [1.807, 2.05) is 48.5 Å². The van der Waals surface area contributed by atoms with Gasteiger partial charge < -0.3 is 4.74 Å². The van der Waals surface area contributed by atoms with E-state index in [0.717, 1.165) is 10.9 Å². The van der Waals surface area contributed by atoms with Crippen molar-refractivity contribution in [1.29, 1.82) is 5.26 Å². The molecule has 0 saturated carbocycles. The molecule has 6 aromatic carbocycles. The first-order valence-corrected chi connectivity index (χ1v) is 17.8. The highest BCUT2D eigenvalue weighted by atomic mass is 19.2. The van der Waals surface area contributed by atoms with E-state index >= 15 is 35.1 Å². The van der Waals surface area contributed by atoms with E-state index < -0.39 is 144 Å². The van der Waals surface area contributed by atoms with Crippen molar-refractivity contribution in [1.82, 2.24) is 0 Å². The van der Waals surface area contributed by atoms with E-state index in [9.17, 15) is 52.7 Å². The molecule has 0 fully saturated rings. The Labute approximate surface area is 354 Å². The average Bonchev–Trinajstić information content (AvgIpc) is 3.31. The van der Waals surface area contributed by atoms with Gasteiger partial charge >= 0.3 is 5.88 Å². The highest BCUT2D eigenvalue weighted by Crippen LogP contribution is 2.31. The molecule has 1 aromatic heterocycles. The lowest BCUT2D eigenvalue weighted by Crippen LogP contribution is -2.81. The maximum Gasteiger partial charge on any atom is 0.369 e. The van der Waals surface area contributed by atoms with Crippen LogP contribution in [-0.2, 0) is 6.54 Å².